The Hall–Kier alpha value is -2.42. The number of likely N-dealkylation sites (N-methyl/N-ethyl adjacent to an activating group) is 1. The van der Waals surface area contributed by atoms with Crippen molar-refractivity contribution in [1.82, 2.24) is 14.5 Å². The van der Waals surface area contributed by atoms with Gasteiger partial charge in [-0.25, -0.2) is 8.42 Å². The van der Waals surface area contributed by atoms with Gasteiger partial charge < -0.3 is 10.2 Å². The van der Waals surface area contributed by atoms with E-state index in [4.69, 9.17) is 11.6 Å². The summed E-state index contributed by atoms with van der Waals surface area (Å²) in [6.07, 6.45) is 0.383. The van der Waals surface area contributed by atoms with Crippen molar-refractivity contribution in [1.29, 1.82) is 0 Å². The monoisotopic (exact) mass is 493 g/mol. The standard InChI is InChI=1S/C24H32ClN3O4S/c1-6-21(23(30)26-24(2,3)4)28(16-18-10-8-7-9-11-18)22(29)17-27(5)33(31,32)20-14-12-19(25)13-15-20/h7-15,21H,6,16-17H2,1-5H3,(H,26,30)/t21-/m1/s1. The molecule has 7 nitrogen and oxygen atoms in total. The molecule has 0 spiro atoms. The highest BCUT2D eigenvalue weighted by molar-refractivity contribution is 7.89. The highest BCUT2D eigenvalue weighted by Crippen LogP contribution is 2.19. The fraction of sp³-hybridized carbons (Fsp3) is 0.417. The molecule has 2 rings (SSSR count). The molecule has 0 aliphatic heterocycles. The summed E-state index contributed by atoms with van der Waals surface area (Å²) in [6, 6.07) is 14.3. The molecule has 0 radical (unpaired) electrons. The molecule has 0 heterocycles. The van der Waals surface area contributed by atoms with E-state index in [9.17, 15) is 18.0 Å². The van der Waals surface area contributed by atoms with E-state index in [1.165, 1.54) is 36.2 Å². The number of carbonyl (C=O) groups excluding carboxylic acids is 2. The molecule has 1 atom stereocenters. The van der Waals surface area contributed by atoms with Crippen molar-refractivity contribution in [3.05, 3.63) is 65.2 Å². The minimum atomic E-state index is -3.91. The van der Waals surface area contributed by atoms with Gasteiger partial charge in [0.25, 0.3) is 0 Å². The Balaban J connectivity index is 2.32. The van der Waals surface area contributed by atoms with Gasteiger partial charge in [0.2, 0.25) is 21.8 Å². The van der Waals surface area contributed by atoms with E-state index in [-0.39, 0.29) is 17.3 Å². The van der Waals surface area contributed by atoms with E-state index in [1.54, 1.807) is 0 Å². The molecular weight excluding hydrogens is 462 g/mol. The lowest BCUT2D eigenvalue weighted by atomic mass is 10.1. The van der Waals surface area contributed by atoms with Crippen LogP contribution in [0.3, 0.4) is 0 Å². The normalized spacial score (nSPS) is 12.9. The molecule has 0 aliphatic rings. The first-order chi connectivity index (χ1) is 15.3. The zero-order valence-electron chi connectivity index (χ0n) is 19.7. The van der Waals surface area contributed by atoms with E-state index < -0.39 is 34.1 Å². The van der Waals surface area contributed by atoms with Crippen LogP contribution in [0, 0.1) is 0 Å². The maximum Gasteiger partial charge on any atom is 0.243 e. The van der Waals surface area contributed by atoms with Gasteiger partial charge in [-0.05, 0) is 57.0 Å². The number of carbonyl (C=O) groups is 2. The first-order valence-electron chi connectivity index (χ1n) is 10.7. The van der Waals surface area contributed by atoms with Crippen molar-refractivity contribution in [2.24, 2.45) is 0 Å². The maximum atomic E-state index is 13.4. The Bertz CT molecular complexity index is 1050. The predicted molar refractivity (Wildman–Crippen MR) is 130 cm³/mol. The van der Waals surface area contributed by atoms with Gasteiger partial charge in [-0.15, -0.1) is 0 Å². The number of hydrogen-bond acceptors (Lipinski definition) is 4. The number of benzene rings is 2. The molecule has 0 unspecified atom stereocenters. The van der Waals surface area contributed by atoms with Gasteiger partial charge in [0, 0.05) is 24.2 Å². The lowest BCUT2D eigenvalue weighted by Gasteiger charge is -2.34. The molecule has 0 aliphatic carbocycles. The number of hydrogen-bond donors (Lipinski definition) is 1. The molecule has 0 fully saturated rings. The number of amides is 2. The molecule has 1 N–H and O–H groups in total. The third kappa shape index (κ3) is 7.55. The van der Waals surface area contributed by atoms with Gasteiger partial charge in [0.1, 0.15) is 6.04 Å². The first kappa shape index (κ1) is 26.8. The van der Waals surface area contributed by atoms with Crippen LogP contribution in [0.5, 0.6) is 0 Å². The van der Waals surface area contributed by atoms with E-state index in [0.717, 1.165) is 9.87 Å². The lowest BCUT2D eigenvalue weighted by molar-refractivity contribution is -0.142. The van der Waals surface area contributed by atoms with Crippen LogP contribution < -0.4 is 5.32 Å². The van der Waals surface area contributed by atoms with Gasteiger partial charge in [-0.3, -0.25) is 9.59 Å². The summed E-state index contributed by atoms with van der Waals surface area (Å²) >= 11 is 5.86. The Morgan fingerprint density at radius 2 is 1.61 bits per heavy atom. The molecule has 180 valence electrons. The van der Waals surface area contributed by atoms with E-state index >= 15 is 0 Å². The van der Waals surface area contributed by atoms with Crippen molar-refractivity contribution < 1.29 is 18.0 Å². The van der Waals surface area contributed by atoms with Crippen LogP contribution in [0.15, 0.2) is 59.5 Å². The Morgan fingerprint density at radius 3 is 2.12 bits per heavy atom. The van der Waals surface area contributed by atoms with Crippen LogP contribution in [0.4, 0.5) is 0 Å². The third-order valence-electron chi connectivity index (χ3n) is 4.96. The van der Waals surface area contributed by atoms with Crippen LogP contribution in [0.2, 0.25) is 5.02 Å². The highest BCUT2D eigenvalue weighted by atomic mass is 35.5. The summed E-state index contributed by atoms with van der Waals surface area (Å²) in [6.45, 7) is 7.21. The molecule has 0 bridgehead atoms. The Labute approximate surface area is 201 Å². The average molecular weight is 494 g/mol. The second kappa shape index (κ2) is 11.1. The molecule has 0 aromatic heterocycles. The van der Waals surface area contributed by atoms with Gasteiger partial charge in [-0.2, -0.15) is 4.31 Å². The fourth-order valence-electron chi connectivity index (χ4n) is 3.31. The molecule has 2 aromatic carbocycles. The molecular formula is C24H32ClN3O4S. The number of halogens is 1. The number of rotatable bonds is 9. The molecule has 0 saturated heterocycles. The number of nitrogens with one attached hydrogen (secondary N) is 1. The van der Waals surface area contributed by atoms with Gasteiger partial charge in [0.15, 0.2) is 0 Å². The summed E-state index contributed by atoms with van der Waals surface area (Å²) in [5.41, 5.74) is 0.372. The van der Waals surface area contributed by atoms with Crippen LogP contribution in [-0.4, -0.2) is 54.6 Å². The molecule has 9 heteroatoms. The third-order valence-corrected chi connectivity index (χ3v) is 7.03. The fourth-order valence-corrected chi connectivity index (χ4v) is 4.55. The molecule has 0 saturated carbocycles. The zero-order chi connectivity index (χ0) is 24.8. The van der Waals surface area contributed by atoms with Gasteiger partial charge in [-0.1, -0.05) is 48.9 Å². The SMILES string of the molecule is CC[C@H](C(=O)NC(C)(C)C)N(Cc1ccccc1)C(=O)CN(C)S(=O)(=O)c1ccc(Cl)cc1. The molecule has 2 aromatic rings. The molecule has 2 amide bonds. The van der Waals surface area contributed by atoms with Crippen LogP contribution in [0.25, 0.3) is 0 Å². The van der Waals surface area contributed by atoms with Gasteiger partial charge >= 0.3 is 0 Å². The predicted octanol–water partition coefficient (Wildman–Crippen LogP) is 3.68. The van der Waals surface area contributed by atoms with Crippen molar-refractivity contribution in [3.8, 4) is 0 Å². The summed E-state index contributed by atoms with van der Waals surface area (Å²) < 4.78 is 26.9. The molecule has 33 heavy (non-hydrogen) atoms. The van der Waals surface area contributed by atoms with Crippen LogP contribution in [-0.2, 0) is 26.2 Å². The average Bonchev–Trinajstić information content (AvgIpc) is 2.73. The zero-order valence-corrected chi connectivity index (χ0v) is 21.3. The summed E-state index contributed by atoms with van der Waals surface area (Å²) in [7, 11) is -2.57. The number of nitrogens with zero attached hydrogens (tertiary/aromatic N) is 2. The van der Waals surface area contributed by atoms with Gasteiger partial charge in [0.05, 0.1) is 11.4 Å². The Kier molecular flexibility index (Phi) is 9.05. The van der Waals surface area contributed by atoms with Crippen molar-refractivity contribution in [2.75, 3.05) is 13.6 Å². The van der Waals surface area contributed by atoms with Crippen molar-refractivity contribution in [2.45, 2.75) is 57.1 Å². The van der Waals surface area contributed by atoms with Crippen LogP contribution >= 0.6 is 11.6 Å². The van der Waals surface area contributed by atoms with E-state index in [0.29, 0.717) is 11.4 Å². The second-order valence-corrected chi connectivity index (χ2v) is 11.4. The van der Waals surface area contributed by atoms with Crippen molar-refractivity contribution >= 4 is 33.4 Å². The topological polar surface area (TPSA) is 86.8 Å². The summed E-state index contributed by atoms with van der Waals surface area (Å²) in [5.74, 6) is -0.743. The maximum absolute atomic E-state index is 13.4. The van der Waals surface area contributed by atoms with E-state index in [2.05, 4.69) is 5.32 Å². The lowest BCUT2D eigenvalue weighted by Crippen LogP contribution is -2.55. The highest BCUT2D eigenvalue weighted by Gasteiger charge is 2.33. The van der Waals surface area contributed by atoms with E-state index in [1.807, 2.05) is 58.0 Å². The second-order valence-electron chi connectivity index (χ2n) is 8.89. The summed E-state index contributed by atoms with van der Waals surface area (Å²) in [4.78, 5) is 27.9. The minimum Gasteiger partial charge on any atom is -0.350 e. The minimum absolute atomic E-state index is 0.0364. The largest absolute Gasteiger partial charge is 0.350 e. The van der Waals surface area contributed by atoms with Crippen molar-refractivity contribution in [3.63, 3.8) is 0 Å². The quantitative estimate of drug-likeness (QED) is 0.577. The summed E-state index contributed by atoms with van der Waals surface area (Å²) in [5, 5.41) is 3.34. The number of sulfonamides is 1. The first-order valence-corrected chi connectivity index (χ1v) is 12.5. The smallest absolute Gasteiger partial charge is 0.243 e. The Morgan fingerprint density at radius 1 is 1.03 bits per heavy atom. The van der Waals surface area contributed by atoms with Crippen LogP contribution in [0.1, 0.15) is 39.7 Å².